The Hall–Kier alpha value is -3.12. The van der Waals surface area contributed by atoms with Crippen LogP contribution in [0.5, 0.6) is 5.75 Å². The largest absolute Gasteiger partial charge is 0.497 e. The highest BCUT2D eigenvalue weighted by Gasteiger charge is 2.27. The van der Waals surface area contributed by atoms with Crippen molar-refractivity contribution in [2.75, 3.05) is 20.2 Å². The zero-order valence-electron chi connectivity index (χ0n) is 15.9. The summed E-state index contributed by atoms with van der Waals surface area (Å²) in [5, 5.41) is 4.74. The molecule has 0 spiro atoms. The number of aromatic nitrogens is 2. The van der Waals surface area contributed by atoms with Gasteiger partial charge in [-0.05, 0) is 37.1 Å². The molecule has 1 saturated heterocycles. The Labute approximate surface area is 164 Å². The van der Waals surface area contributed by atoms with Gasteiger partial charge in [0.15, 0.2) is 0 Å². The van der Waals surface area contributed by atoms with E-state index in [-0.39, 0.29) is 11.9 Å². The first-order valence-electron chi connectivity index (χ1n) is 9.50. The summed E-state index contributed by atoms with van der Waals surface area (Å²) in [6.45, 7) is 1.30. The Kier molecular flexibility index (Phi) is 5.12. The molecule has 3 aromatic rings. The normalized spacial score (nSPS) is 16.8. The van der Waals surface area contributed by atoms with Crippen molar-refractivity contribution >= 4 is 5.91 Å². The highest BCUT2D eigenvalue weighted by atomic mass is 16.5. The Balaban J connectivity index is 1.78. The molecule has 1 fully saturated rings. The van der Waals surface area contributed by atoms with Gasteiger partial charge in [0.2, 0.25) is 0 Å². The van der Waals surface area contributed by atoms with Crippen molar-refractivity contribution in [1.82, 2.24) is 14.7 Å². The van der Waals surface area contributed by atoms with Gasteiger partial charge < -0.3 is 15.4 Å². The minimum atomic E-state index is -0.0323. The lowest BCUT2D eigenvalue weighted by molar-refractivity contribution is 0.0709. The number of nitrogens with two attached hydrogens (primary N) is 1. The minimum Gasteiger partial charge on any atom is -0.497 e. The highest BCUT2D eigenvalue weighted by molar-refractivity contribution is 6.00. The molecule has 0 saturated carbocycles. The monoisotopic (exact) mass is 376 g/mol. The van der Waals surface area contributed by atoms with Crippen LogP contribution in [0.4, 0.5) is 0 Å². The second-order valence-electron chi connectivity index (χ2n) is 7.06. The van der Waals surface area contributed by atoms with E-state index in [0.29, 0.717) is 17.8 Å². The zero-order valence-corrected chi connectivity index (χ0v) is 15.9. The van der Waals surface area contributed by atoms with Crippen LogP contribution in [0, 0.1) is 0 Å². The maximum Gasteiger partial charge on any atom is 0.257 e. The first-order valence-corrected chi connectivity index (χ1v) is 9.50. The summed E-state index contributed by atoms with van der Waals surface area (Å²) in [7, 11) is 1.63. The summed E-state index contributed by atoms with van der Waals surface area (Å²) in [5.41, 5.74) is 9.06. The maximum absolute atomic E-state index is 13.3. The van der Waals surface area contributed by atoms with Crippen LogP contribution in [0.25, 0.3) is 16.9 Å². The summed E-state index contributed by atoms with van der Waals surface area (Å²) in [5.74, 6) is 0.695. The smallest absolute Gasteiger partial charge is 0.257 e. The van der Waals surface area contributed by atoms with Crippen LogP contribution in [0.1, 0.15) is 23.2 Å². The van der Waals surface area contributed by atoms with Crippen LogP contribution in [0.15, 0.2) is 60.8 Å². The van der Waals surface area contributed by atoms with Crippen LogP contribution < -0.4 is 10.5 Å². The van der Waals surface area contributed by atoms with Gasteiger partial charge in [0, 0.05) is 30.9 Å². The molecule has 1 unspecified atom stereocenters. The van der Waals surface area contributed by atoms with E-state index in [1.54, 1.807) is 11.8 Å². The van der Waals surface area contributed by atoms with Crippen molar-refractivity contribution in [3.8, 4) is 22.7 Å². The molecular weight excluding hydrogens is 352 g/mol. The van der Waals surface area contributed by atoms with Gasteiger partial charge in [-0.25, -0.2) is 4.68 Å². The number of para-hydroxylation sites is 1. The molecule has 2 heterocycles. The zero-order chi connectivity index (χ0) is 19.5. The third kappa shape index (κ3) is 3.64. The fraction of sp³-hybridized carbons (Fsp3) is 0.273. The number of hydrogen-bond donors (Lipinski definition) is 1. The number of benzene rings is 2. The van der Waals surface area contributed by atoms with Crippen molar-refractivity contribution in [3.05, 3.63) is 66.4 Å². The van der Waals surface area contributed by atoms with Crippen molar-refractivity contribution in [2.45, 2.75) is 18.9 Å². The van der Waals surface area contributed by atoms with Gasteiger partial charge >= 0.3 is 0 Å². The van der Waals surface area contributed by atoms with E-state index in [1.807, 2.05) is 65.7 Å². The molecule has 0 radical (unpaired) electrons. The third-order valence-electron chi connectivity index (χ3n) is 5.05. The number of carbonyl (C=O) groups excluding carboxylic acids is 1. The first-order chi connectivity index (χ1) is 13.7. The van der Waals surface area contributed by atoms with Crippen LogP contribution in [-0.4, -0.2) is 46.8 Å². The van der Waals surface area contributed by atoms with Crippen LogP contribution >= 0.6 is 0 Å². The lowest BCUT2D eigenvalue weighted by atomic mass is 10.0. The summed E-state index contributed by atoms with van der Waals surface area (Å²) < 4.78 is 7.11. The number of likely N-dealkylation sites (tertiary alicyclic amines) is 1. The van der Waals surface area contributed by atoms with E-state index in [0.717, 1.165) is 36.4 Å². The van der Waals surface area contributed by atoms with E-state index in [4.69, 9.17) is 15.6 Å². The molecule has 28 heavy (non-hydrogen) atoms. The molecule has 1 aromatic heterocycles. The van der Waals surface area contributed by atoms with Crippen LogP contribution in [0.2, 0.25) is 0 Å². The standard InChI is InChI=1S/C22H24N4O2/c1-28-19-11-5-7-16(13-19)21-20(22(27)25-12-6-8-17(23)14-25)15-26(24-21)18-9-3-2-4-10-18/h2-5,7,9-11,13,15,17H,6,8,12,14,23H2,1H3. The van der Waals surface area contributed by atoms with Gasteiger partial charge in [0.05, 0.1) is 18.4 Å². The van der Waals surface area contributed by atoms with Crippen molar-refractivity contribution < 1.29 is 9.53 Å². The molecule has 1 amide bonds. The molecule has 1 atom stereocenters. The third-order valence-corrected chi connectivity index (χ3v) is 5.05. The fourth-order valence-corrected chi connectivity index (χ4v) is 3.59. The van der Waals surface area contributed by atoms with E-state index < -0.39 is 0 Å². The van der Waals surface area contributed by atoms with E-state index >= 15 is 0 Å². The average Bonchev–Trinajstić information content (AvgIpc) is 3.19. The Bertz CT molecular complexity index is 968. The fourth-order valence-electron chi connectivity index (χ4n) is 3.59. The van der Waals surface area contributed by atoms with Gasteiger partial charge in [0.25, 0.3) is 5.91 Å². The van der Waals surface area contributed by atoms with E-state index in [2.05, 4.69) is 0 Å². The first kappa shape index (κ1) is 18.3. The lowest BCUT2D eigenvalue weighted by Crippen LogP contribution is -2.45. The predicted molar refractivity (Wildman–Crippen MR) is 109 cm³/mol. The van der Waals surface area contributed by atoms with Gasteiger partial charge in [-0.15, -0.1) is 0 Å². The molecule has 4 rings (SSSR count). The molecule has 0 bridgehead atoms. The Morgan fingerprint density at radius 2 is 2.00 bits per heavy atom. The van der Waals surface area contributed by atoms with Gasteiger partial charge in [-0.3, -0.25) is 4.79 Å². The minimum absolute atomic E-state index is 0.0298. The molecule has 144 valence electrons. The number of amides is 1. The van der Waals surface area contributed by atoms with Crippen molar-refractivity contribution in [2.24, 2.45) is 5.73 Å². The number of rotatable bonds is 4. The quantitative estimate of drug-likeness (QED) is 0.759. The predicted octanol–water partition coefficient (Wildman–Crippen LogP) is 3.11. The van der Waals surface area contributed by atoms with Gasteiger partial charge in [-0.2, -0.15) is 5.10 Å². The Morgan fingerprint density at radius 1 is 1.18 bits per heavy atom. The number of methoxy groups -OCH3 is 1. The number of carbonyl (C=O) groups is 1. The number of nitrogens with zero attached hydrogens (tertiary/aromatic N) is 3. The van der Waals surface area contributed by atoms with Crippen molar-refractivity contribution in [3.63, 3.8) is 0 Å². The van der Waals surface area contributed by atoms with E-state index in [9.17, 15) is 4.79 Å². The second-order valence-corrected chi connectivity index (χ2v) is 7.06. The summed E-state index contributed by atoms with van der Waals surface area (Å²) in [6.07, 6.45) is 3.69. The van der Waals surface area contributed by atoms with Crippen LogP contribution in [-0.2, 0) is 0 Å². The number of hydrogen-bond acceptors (Lipinski definition) is 4. The van der Waals surface area contributed by atoms with Gasteiger partial charge in [0.1, 0.15) is 11.4 Å². The summed E-state index contributed by atoms with van der Waals surface area (Å²) >= 11 is 0. The molecule has 2 N–H and O–H groups in total. The molecule has 0 aliphatic carbocycles. The average molecular weight is 376 g/mol. The molecule has 1 aliphatic heterocycles. The number of ether oxygens (including phenoxy) is 1. The van der Waals surface area contributed by atoms with Crippen LogP contribution in [0.3, 0.4) is 0 Å². The topological polar surface area (TPSA) is 73.4 Å². The van der Waals surface area contributed by atoms with Gasteiger partial charge in [-0.1, -0.05) is 30.3 Å². The number of piperidine rings is 1. The lowest BCUT2D eigenvalue weighted by Gasteiger charge is -2.30. The molecule has 6 heteroatoms. The summed E-state index contributed by atoms with van der Waals surface area (Å²) in [4.78, 5) is 15.2. The highest BCUT2D eigenvalue weighted by Crippen LogP contribution is 2.28. The maximum atomic E-state index is 13.3. The van der Waals surface area contributed by atoms with E-state index in [1.165, 1.54) is 0 Å². The Morgan fingerprint density at radius 3 is 2.75 bits per heavy atom. The molecule has 2 aromatic carbocycles. The molecular formula is C22H24N4O2. The summed E-state index contributed by atoms with van der Waals surface area (Å²) in [6, 6.07) is 17.4. The second kappa shape index (κ2) is 7.86. The molecule has 6 nitrogen and oxygen atoms in total. The van der Waals surface area contributed by atoms with Crippen molar-refractivity contribution in [1.29, 1.82) is 0 Å². The SMILES string of the molecule is COc1cccc(-c2nn(-c3ccccc3)cc2C(=O)N2CCCC(N)C2)c1. The molecule has 1 aliphatic rings.